The maximum absolute atomic E-state index is 13.0. The van der Waals surface area contributed by atoms with Gasteiger partial charge in [-0.3, -0.25) is 4.79 Å². The van der Waals surface area contributed by atoms with Crippen molar-refractivity contribution >= 4 is 28.2 Å². The third-order valence-corrected chi connectivity index (χ3v) is 4.68. The molecule has 27 heavy (non-hydrogen) atoms. The number of carbonyl (C=O) groups excluding carboxylic acids is 1. The van der Waals surface area contributed by atoms with E-state index in [2.05, 4.69) is 10.3 Å². The van der Waals surface area contributed by atoms with Gasteiger partial charge in [0.15, 0.2) is 0 Å². The molecule has 1 aliphatic heterocycles. The van der Waals surface area contributed by atoms with Crippen molar-refractivity contribution < 1.29 is 14.3 Å². The molecule has 0 spiro atoms. The van der Waals surface area contributed by atoms with Crippen molar-refractivity contribution in [1.82, 2.24) is 9.88 Å². The minimum Gasteiger partial charge on any atom is -0.495 e. The number of hydrogen-bond donors (Lipinski definition) is 1. The molecule has 3 aromatic rings. The Balaban J connectivity index is 1.73. The van der Waals surface area contributed by atoms with Crippen LogP contribution >= 0.6 is 0 Å². The van der Waals surface area contributed by atoms with Crippen molar-refractivity contribution in [3.63, 3.8) is 0 Å². The lowest BCUT2D eigenvalue weighted by Gasteiger charge is -2.27. The summed E-state index contributed by atoms with van der Waals surface area (Å²) in [5.74, 6) is 1.41. The van der Waals surface area contributed by atoms with Gasteiger partial charge in [0.2, 0.25) is 0 Å². The average molecular weight is 363 g/mol. The van der Waals surface area contributed by atoms with Crippen molar-refractivity contribution in [1.29, 1.82) is 0 Å². The van der Waals surface area contributed by atoms with E-state index in [1.807, 2.05) is 53.4 Å². The Labute approximate surface area is 157 Å². The molecule has 1 aliphatic rings. The van der Waals surface area contributed by atoms with Crippen LogP contribution in [0.4, 0.5) is 11.5 Å². The number of aromatic nitrogens is 1. The zero-order valence-electron chi connectivity index (χ0n) is 15.1. The van der Waals surface area contributed by atoms with Gasteiger partial charge in [-0.25, -0.2) is 4.98 Å². The summed E-state index contributed by atoms with van der Waals surface area (Å²) in [5, 5.41) is 5.10. The first-order valence-electron chi connectivity index (χ1n) is 8.93. The number of methoxy groups -OCH3 is 1. The molecule has 0 aliphatic carbocycles. The summed E-state index contributed by atoms with van der Waals surface area (Å²) < 4.78 is 10.8. The number of morpholine rings is 1. The monoisotopic (exact) mass is 363 g/mol. The topological polar surface area (TPSA) is 63.7 Å². The average Bonchev–Trinajstić information content (AvgIpc) is 2.74. The summed E-state index contributed by atoms with van der Waals surface area (Å²) in [7, 11) is 1.64. The first-order chi connectivity index (χ1) is 13.3. The lowest BCUT2D eigenvalue weighted by Crippen LogP contribution is -2.40. The Morgan fingerprint density at radius 2 is 1.78 bits per heavy atom. The highest BCUT2D eigenvalue weighted by molar-refractivity contribution is 6.09. The third kappa shape index (κ3) is 3.44. The Bertz CT molecular complexity index is 968. The first-order valence-corrected chi connectivity index (χ1v) is 8.93. The smallest absolute Gasteiger partial charge is 0.256 e. The van der Waals surface area contributed by atoms with E-state index in [1.54, 1.807) is 13.3 Å². The zero-order valence-corrected chi connectivity index (χ0v) is 15.1. The number of para-hydroxylation sites is 2. The highest BCUT2D eigenvalue weighted by Gasteiger charge is 2.21. The maximum atomic E-state index is 13.0. The number of pyridine rings is 1. The normalized spacial score (nSPS) is 14.2. The fourth-order valence-electron chi connectivity index (χ4n) is 3.27. The zero-order chi connectivity index (χ0) is 18.6. The number of amides is 1. The minimum atomic E-state index is -0.00848. The van der Waals surface area contributed by atoms with E-state index >= 15 is 0 Å². The van der Waals surface area contributed by atoms with Crippen molar-refractivity contribution in [3.05, 3.63) is 60.3 Å². The quantitative estimate of drug-likeness (QED) is 0.769. The Kier molecular flexibility index (Phi) is 4.89. The molecule has 6 heteroatoms. The van der Waals surface area contributed by atoms with E-state index in [0.717, 1.165) is 22.2 Å². The molecular weight excluding hydrogens is 342 g/mol. The van der Waals surface area contributed by atoms with Crippen LogP contribution in [0.15, 0.2) is 54.7 Å². The van der Waals surface area contributed by atoms with Gasteiger partial charge in [0.25, 0.3) is 5.91 Å². The summed E-state index contributed by atoms with van der Waals surface area (Å²) in [6, 6.07) is 15.5. The predicted octanol–water partition coefficient (Wildman–Crippen LogP) is 3.46. The fraction of sp³-hybridized carbons (Fsp3) is 0.238. The van der Waals surface area contributed by atoms with E-state index in [-0.39, 0.29) is 5.91 Å². The lowest BCUT2D eigenvalue weighted by atomic mass is 10.1. The molecule has 6 nitrogen and oxygen atoms in total. The molecule has 0 unspecified atom stereocenters. The maximum Gasteiger partial charge on any atom is 0.256 e. The van der Waals surface area contributed by atoms with Crippen molar-refractivity contribution in [2.45, 2.75) is 0 Å². The molecular formula is C21H21N3O3. The van der Waals surface area contributed by atoms with Crippen LogP contribution in [-0.4, -0.2) is 49.2 Å². The molecule has 0 bridgehead atoms. The van der Waals surface area contributed by atoms with E-state index in [4.69, 9.17) is 9.47 Å². The van der Waals surface area contributed by atoms with E-state index < -0.39 is 0 Å². The van der Waals surface area contributed by atoms with Crippen LogP contribution < -0.4 is 10.1 Å². The molecule has 0 atom stereocenters. The second-order valence-electron chi connectivity index (χ2n) is 6.30. The van der Waals surface area contributed by atoms with Gasteiger partial charge in [-0.1, -0.05) is 36.4 Å². The molecule has 0 saturated carbocycles. The molecule has 1 saturated heterocycles. The number of nitrogens with one attached hydrogen (secondary N) is 1. The van der Waals surface area contributed by atoms with Crippen molar-refractivity contribution in [2.75, 3.05) is 38.7 Å². The van der Waals surface area contributed by atoms with Crippen LogP contribution in [0.2, 0.25) is 0 Å². The number of ether oxygens (including phenoxy) is 2. The van der Waals surface area contributed by atoms with Crippen LogP contribution in [-0.2, 0) is 4.74 Å². The number of anilines is 2. The predicted molar refractivity (Wildman–Crippen MR) is 105 cm³/mol. The molecule has 1 aromatic heterocycles. The van der Waals surface area contributed by atoms with E-state index in [1.165, 1.54) is 0 Å². The van der Waals surface area contributed by atoms with E-state index in [0.29, 0.717) is 37.7 Å². The van der Waals surface area contributed by atoms with Crippen molar-refractivity contribution in [2.24, 2.45) is 0 Å². The van der Waals surface area contributed by atoms with Crippen LogP contribution in [0, 0.1) is 0 Å². The largest absolute Gasteiger partial charge is 0.495 e. The Morgan fingerprint density at radius 3 is 2.56 bits per heavy atom. The summed E-state index contributed by atoms with van der Waals surface area (Å²) in [4.78, 5) is 19.3. The van der Waals surface area contributed by atoms with Gasteiger partial charge in [-0.15, -0.1) is 0 Å². The number of rotatable bonds is 4. The SMILES string of the molecule is COc1ccccc1Nc1ncc(C(=O)N2CCOCC2)c2ccccc12. The van der Waals surface area contributed by atoms with Crippen molar-refractivity contribution in [3.8, 4) is 5.75 Å². The number of nitrogens with zero attached hydrogens (tertiary/aromatic N) is 2. The molecule has 1 fully saturated rings. The summed E-state index contributed by atoms with van der Waals surface area (Å²) in [5.41, 5.74) is 1.43. The molecule has 2 aromatic carbocycles. The van der Waals surface area contributed by atoms with E-state index in [9.17, 15) is 4.79 Å². The Morgan fingerprint density at radius 1 is 1.07 bits per heavy atom. The van der Waals surface area contributed by atoms with Gasteiger partial charge in [-0.2, -0.15) is 0 Å². The van der Waals surface area contributed by atoms with Gasteiger partial charge in [0, 0.05) is 24.7 Å². The highest BCUT2D eigenvalue weighted by atomic mass is 16.5. The number of fused-ring (bicyclic) bond motifs is 1. The molecule has 2 heterocycles. The first kappa shape index (κ1) is 17.3. The van der Waals surface area contributed by atoms with Gasteiger partial charge in [0.1, 0.15) is 11.6 Å². The number of carbonyl (C=O) groups is 1. The second kappa shape index (κ2) is 7.63. The van der Waals surface area contributed by atoms with Crippen LogP contribution in [0.1, 0.15) is 10.4 Å². The number of hydrogen-bond acceptors (Lipinski definition) is 5. The number of benzene rings is 2. The van der Waals surface area contributed by atoms with Gasteiger partial charge >= 0.3 is 0 Å². The Hall–Kier alpha value is -3.12. The van der Waals surface area contributed by atoms with Crippen LogP contribution in [0.25, 0.3) is 10.8 Å². The summed E-state index contributed by atoms with van der Waals surface area (Å²) in [6.45, 7) is 2.36. The minimum absolute atomic E-state index is 0.00848. The summed E-state index contributed by atoms with van der Waals surface area (Å²) >= 11 is 0. The summed E-state index contributed by atoms with van der Waals surface area (Å²) in [6.07, 6.45) is 1.65. The second-order valence-corrected chi connectivity index (χ2v) is 6.30. The molecule has 4 rings (SSSR count). The van der Waals surface area contributed by atoms with Crippen LogP contribution in [0.3, 0.4) is 0 Å². The third-order valence-electron chi connectivity index (χ3n) is 4.68. The standard InChI is InChI=1S/C21H21N3O3/c1-26-19-9-5-4-8-18(19)23-20-16-7-3-2-6-15(16)17(14-22-20)21(25)24-10-12-27-13-11-24/h2-9,14H,10-13H2,1H3,(H,22,23). The molecule has 1 amide bonds. The molecule has 138 valence electrons. The molecule has 1 N–H and O–H groups in total. The molecule has 0 radical (unpaired) electrons. The lowest BCUT2D eigenvalue weighted by molar-refractivity contribution is 0.0304. The van der Waals surface area contributed by atoms with Crippen LogP contribution in [0.5, 0.6) is 5.75 Å². The van der Waals surface area contributed by atoms with Gasteiger partial charge < -0.3 is 19.7 Å². The van der Waals surface area contributed by atoms with Gasteiger partial charge in [0.05, 0.1) is 31.6 Å². The van der Waals surface area contributed by atoms with Gasteiger partial charge in [-0.05, 0) is 17.5 Å². The fourth-order valence-corrected chi connectivity index (χ4v) is 3.27. The highest BCUT2D eigenvalue weighted by Crippen LogP contribution is 2.31.